The second kappa shape index (κ2) is 6.93. The number of halogens is 5. The predicted molar refractivity (Wildman–Crippen MR) is 60.4 cm³/mol. The van der Waals surface area contributed by atoms with Crippen LogP contribution in [0.5, 0.6) is 11.5 Å². The van der Waals surface area contributed by atoms with Gasteiger partial charge in [-0.2, -0.15) is 14.0 Å². The molecule has 0 unspecified atom stereocenters. The number of esters is 1. The summed E-state index contributed by atoms with van der Waals surface area (Å²) in [5.41, 5.74) is -1.74. The van der Waals surface area contributed by atoms with Gasteiger partial charge in [0.05, 0.1) is 6.61 Å². The predicted octanol–water partition coefficient (Wildman–Crippen LogP) is 3.23. The highest BCUT2D eigenvalue weighted by Gasteiger charge is 2.36. The molecule has 0 aromatic heterocycles. The first-order valence-corrected chi connectivity index (χ1v) is 5.64. The molecule has 120 valence electrons. The number of benzene rings is 1. The van der Waals surface area contributed by atoms with E-state index >= 15 is 0 Å². The van der Waals surface area contributed by atoms with Crippen LogP contribution in [0.4, 0.5) is 22.0 Å². The van der Waals surface area contributed by atoms with Gasteiger partial charge >= 0.3 is 18.9 Å². The maximum atomic E-state index is 12.4. The number of nitriles is 1. The second-order valence-corrected chi connectivity index (χ2v) is 3.57. The van der Waals surface area contributed by atoms with E-state index in [4.69, 9.17) is 5.26 Å². The summed E-state index contributed by atoms with van der Waals surface area (Å²) in [7, 11) is 0. The molecule has 0 aliphatic rings. The van der Waals surface area contributed by atoms with Crippen LogP contribution in [0, 0.1) is 11.3 Å². The molecular weight excluding hydrogens is 317 g/mol. The third-order valence-electron chi connectivity index (χ3n) is 2.16. The molecule has 0 aliphatic heterocycles. The zero-order chi connectivity index (χ0) is 16.9. The maximum Gasteiger partial charge on any atom is 0.573 e. The average molecular weight is 325 g/mol. The van der Waals surface area contributed by atoms with Crippen LogP contribution in [0.3, 0.4) is 0 Å². The molecule has 1 aromatic carbocycles. The SMILES string of the molecule is CCOC(=O)c1ccc(OC(F)F)c(C#N)c1OC(F)(F)F. The van der Waals surface area contributed by atoms with Crippen molar-refractivity contribution in [3.8, 4) is 17.6 Å². The first-order chi connectivity index (χ1) is 10.2. The van der Waals surface area contributed by atoms with E-state index in [1.54, 1.807) is 0 Å². The molecule has 22 heavy (non-hydrogen) atoms. The summed E-state index contributed by atoms with van der Waals surface area (Å²) in [6, 6.07) is 2.72. The van der Waals surface area contributed by atoms with E-state index in [0.29, 0.717) is 0 Å². The van der Waals surface area contributed by atoms with Crippen molar-refractivity contribution in [2.24, 2.45) is 0 Å². The molecule has 5 nitrogen and oxygen atoms in total. The molecule has 0 aliphatic carbocycles. The number of alkyl halides is 5. The standard InChI is InChI=1S/C12H8F5NO4/c1-2-20-10(19)6-3-4-8(21-11(13)14)7(5-18)9(6)22-12(15,16)17/h3-4,11H,2H2,1H3. The largest absolute Gasteiger partial charge is 0.573 e. The van der Waals surface area contributed by atoms with Crippen LogP contribution < -0.4 is 9.47 Å². The molecule has 0 bridgehead atoms. The highest BCUT2D eigenvalue weighted by atomic mass is 19.4. The van der Waals surface area contributed by atoms with Crippen molar-refractivity contribution in [2.75, 3.05) is 6.61 Å². The minimum Gasteiger partial charge on any atom is -0.462 e. The fourth-order valence-electron chi connectivity index (χ4n) is 1.46. The Hall–Kier alpha value is -2.57. The van der Waals surface area contributed by atoms with E-state index in [1.807, 2.05) is 0 Å². The van der Waals surface area contributed by atoms with E-state index in [-0.39, 0.29) is 6.61 Å². The van der Waals surface area contributed by atoms with Crippen LogP contribution in [0.25, 0.3) is 0 Å². The Morgan fingerprint density at radius 1 is 1.36 bits per heavy atom. The molecule has 1 rings (SSSR count). The van der Waals surface area contributed by atoms with E-state index in [9.17, 15) is 26.7 Å². The van der Waals surface area contributed by atoms with Gasteiger partial charge in [0.15, 0.2) is 5.75 Å². The van der Waals surface area contributed by atoms with Gasteiger partial charge in [-0.1, -0.05) is 0 Å². The molecular formula is C12H8F5NO4. The van der Waals surface area contributed by atoms with E-state index in [0.717, 1.165) is 12.1 Å². The van der Waals surface area contributed by atoms with Crippen LogP contribution in [-0.4, -0.2) is 25.6 Å². The third kappa shape index (κ3) is 4.47. The van der Waals surface area contributed by atoms with Gasteiger partial charge in [0, 0.05) is 0 Å². The van der Waals surface area contributed by atoms with Gasteiger partial charge in [-0.05, 0) is 19.1 Å². The van der Waals surface area contributed by atoms with Crippen molar-refractivity contribution in [3.63, 3.8) is 0 Å². The fraction of sp³-hybridized carbons (Fsp3) is 0.333. The normalized spacial score (nSPS) is 11.0. The van der Waals surface area contributed by atoms with Gasteiger partial charge in [0.25, 0.3) is 0 Å². The zero-order valence-electron chi connectivity index (χ0n) is 10.9. The quantitative estimate of drug-likeness (QED) is 0.614. The molecule has 0 fully saturated rings. The molecule has 0 atom stereocenters. The van der Waals surface area contributed by atoms with Crippen molar-refractivity contribution < 1.29 is 41.0 Å². The van der Waals surface area contributed by atoms with Gasteiger partial charge < -0.3 is 14.2 Å². The lowest BCUT2D eigenvalue weighted by Crippen LogP contribution is -2.21. The number of hydrogen-bond donors (Lipinski definition) is 0. The van der Waals surface area contributed by atoms with E-state index in [1.165, 1.54) is 13.0 Å². The lowest BCUT2D eigenvalue weighted by Gasteiger charge is -2.16. The van der Waals surface area contributed by atoms with Gasteiger partial charge in [-0.25, -0.2) is 4.79 Å². The number of nitrogens with zero attached hydrogens (tertiary/aromatic N) is 1. The minimum atomic E-state index is -5.25. The Bertz CT molecular complexity index is 594. The summed E-state index contributed by atoms with van der Waals surface area (Å²) in [6.07, 6.45) is -5.25. The van der Waals surface area contributed by atoms with Crippen LogP contribution >= 0.6 is 0 Å². The van der Waals surface area contributed by atoms with Crippen LogP contribution in [-0.2, 0) is 4.74 Å². The molecule has 10 heteroatoms. The number of ether oxygens (including phenoxy) is 3. The molecule has 0 amide bonds. The summed E-state index contributed by atoms with van der Waals surface area (Å²) in [5.74, 6) is -3.32. The summed E-state index contributed by atoms with van der Waals surface area (Å²) < 4.78 is 73.7. The monoisotopic (exact) mass is 325 g/mol. The fourth-order valence-corrected chi connectivity index (χ4v) is 1.46. The lowest BCUT2D eigenvalue weighted by atomic mass is 10.1. The zero-order valence-corrected chi connectivity index (χ0v) is 10.9. The van der Waals surface area contributed by atoms with Gasteiger partial charge in [-0.15, -0.1) is 13.2 Å². The molecule has 0 saturated carbocycles. The highest BCUT2D eigenvalue weighted by molar-refractivity contribution is 5.94. The molecule has 0 spiro atoms. The van der Waals surface area contributed by atoms with Crippen LogP contribution in [0.15, 0.2) is 12.1 Å². The van der Waals surface area contributed by atoms with Crippen molar-refractivity contribution >= 4 is 5.97 Å². The summed E-state index contributed by atoms with van der Waals surface area (Å²) in [4.78, 5) is 11.6. The van der Waals surface area contributed by atoms with E-state index < -0.39 is 41.6 Å². The third-order valence-corrected chi connectivity index (χ3v) is 2.16. The highest BCUT2D eigenvalue weighted by Crippen LogP contribution is 2.36. The van der Waals surface area contributed by atoms with Crippen LogP contribution in [0.2, 0.25) is 0 Å². The summed E-state index contributed by atoms with van der Waals surface area (Å²) >= 11 is 0. The van der Waals surface area contributed by atoms with E-state index in [2.05, 4.69) is 14.2 Å². The number of hydrogen-bond acceptors (Lipinski definition) is 5. The number of carbonyl (C=O) groups excluding carboxylic acids is 1. The average Bonchev–Trinajstić information content (AvgIpc) is 2.36. The Labute approximate surface area is 120 Å². The van der Waals surface area contributed by atoms with Crippen molar-refractivity contribution in [2.45, 2.75) is 19.9 Å². The minimum absolute atomic E-state index is 0.151. The molecule has 0 N–H and O–H groups in total. The van der Waals surface area contributed by atoms with Gasteiger partial charge in [-0.3, -0.25) is 0 Å². The maximum absolute atomic E-state index is 12.4. The molecule has 0 heterocycles. The Morgan fingerprint density at radius 3 is 2.45 bits per heavy atom. The first kappa shape index (κ1) is 17.5. The first-order valence-electron chi connectivity index (χ1n) is 5.64. The molecule has 0 saturated heterocycles. The van der Waals surface area contributed by atoms with Crippen molar-refractivity contribution in [1.29, 1.82) is 5.26 Å². The second-order valence-electron chi connectivity index (χ2n) is 3.57. The summed E-state index contributed by atoms with van der Waals surface area (Å²) in [6.45, 7) is -2.12. The Morgan fingerprint density at radius 2 is 2.00 bits per heavy atom. The van der Waals surface area contributed by atoms with Crippen molar-refractivity contribution in [1.82, 2.24) is 0 Å². The van der Waals surface area contributed by atoms with Gasteiger partial charge in [0.2, 0.25) is 0 Å². The van der Waals surface area contributed by atoms with Crippen molar-refractivity contribution in [3.05, 3.63) is 23.3 Å². The molecule has 0 radical (unpaired) electrons. The Balaban J connectivity index is 3.46. The topological polar surface area (TPSA) is 68.5 Å². The Kier molecular flexibility index (Phi) is 5.50. The summed E-state index contributed by atoms with van der Waals surface area (Å²) in [5, 5.41) is 8.87. The van der Waals surface area contributed by atoms with Crippen LogP contribution in [0.1, 0.15) is 22.8 Å². The smallest absolute Gasteiger partial charge is 0.462 e. The van der Waals surface area contributed by atoms with Gasteiger partial charge in [0.1, 0.15) is 22.9 Å². The number of carbonyl (C=O) groups is 1. The lowest BCUT2D eigenvalue weighted by molar-refractivity contribution is -0.274. The molecule has 1 aromatic rings. The number of rotatable bonds is 5.